The molecule has 3 saturated heterocycles. The van der Waals surface area contributed by atoms with E-state index in [1.807, 2.05) is 6.92 Å². The highest BCUT2D eigenvalue weighted by molar-refractivity contribution is 5.77. The summed E-state index contributed by atoms with van der Waals surface area (Å²) >= 11 is 0. The van der Waals surface area contributed by atoms with Gasteiger partial charge in [-0.15, -0.1) is 0 Å². The number of esters is 2. The molecule has 4 rings (SSSR count). The number of carbonyl (C=O) groups excluding carboxylic acids is 4. The molecule has 0 aliphatic carbocycles. The van der Waals surface area contributed by atoms with Crippen molar-refractivity contribution >= 4 is 23.8 Å². The molecule has 56 heavy (non-hydrogen) atoms. The Morgan fingerprint density at radius 1 is 0.893 bits per heavy atom. The second-order valence-electron chi connectivity index (χ2n) is 14.5. The average Bonchev–Trinajstić information content (AvgIpc) is 3.17. The van der Waals surface area contributed by atoms with Crippen LogP contribution in [-0.2, 0) is 42.9 Å². The molecule has 0 radical (unpaired) electrons. The van der Waals surface area contributed by atoms with Crippen LogP contribution in [0.5, 0.6) is 5.75 Å². The van der Waals surface area contributed by atoms with Gasteiger partial charge in [0.05, 0.1) is 12.6 Å². The molecule has 0 aromatic heterocycles. The Labute approximate surface area is 326 Å². The highest BCUT2D eigenvalue weighted by Crippen LogP contribution is 2.31. The molecule has 0 spiro atoms. The van der Waals surface area contributed by atoms with Crippen molar-refractivity contribution in [3.63, 3.8) is 0 Å². The van der Waals surface area contributed by atoms with Crippen molar-refractivity contribution in [1.29, 1.82) is 0 Å². The largest absolute Gasteiger partial charge is 0.463 e. The molecule has 18 nitrogen and oxygen atoms in total. The van der Waals surface area contributed by atoms with Crippen LogP contribution in [0.1, 0.15) is 84.2 Å². The SMILES string of the molecule is CCCC(=O)OC[C@H]1O[C@@H](O[C@H]2[C@H](Oc3ccc([C@@H]4CC(=O)NCCCN(C(=O)CCC)C[C@H](OC(C)=O)CCN4)cc3)O[C@@H](C)[C@H](O)[C@H]2O)[C@H](O)[C@@H](O)[C@@H]1O. The maximum atomic E-state index is 13.0. The number of benzene rings is 1. The Hall–Kier alpha value is -3.46. The molecule has 3 heterocycles. The number of amides is 2. The van der Waals surface area contributed by atoms with Crippen LogP contribution in [0.15, 0.2) is 24.3 Å². The fourth-order valence-corrected chi connectivity index (χ4v) is 6.77. The zero-order chi connectivity index (χ0) is 40.9. The van der Waals surface area contributed by atoms with E-state index in [0.29, 0.717) is 51.7 Å². The smallest absolute Gasteiger partial charge is 0.305 e. The van der Waals surface area contributed by atoms with Crippen LogP contribution >= 0.6 is 0 Å². The van der Waals surface area contributed by atoms with Crippen molar-refractivity contribution < 1.29 is 73.1 Å². The number of aliphatic hydroxyl groups is 5. The molecular formula is C38H59N3O15. The molecule has 2 amide bonds. The maximum absolute atomic E-state index is 13.0. The van der Waals surface area contributed by atoms with Gasteiger partial charge < -0.3 is 69.5 Å². The van der Waals surface area contributed by atoms with Crippen LogP contribution < -0.4 is 15.4 Å². The summed E-state index contributed by atoms with van der Waals surface area (Å²) < 4.78 is 34.2. The first-order valence-corrected chi connectivity index (χ1v) is 19.5. The Morgan fingerprint density at radius 2 is 1.61 bits per heavy atom. The van der Waals surface area contributed by atoms with Crippen molar-refractivity contribution in [3.8, 4) is 5.75 Å². The number of hydrogen-bond donors (Lipinski definition) is 7. The minimum atomic E-state index is -1.80. The van der Waals surface area contributed by atoms with E-state index in [0.717, 1.165) is 5.56 Å². The van der Waals surface area contributed by atoms with Crippen LogP contribution in [-0.4, -0.2) is 154 Å². The van der Waals surface area contributed by atoms with Crippen molar-refractivity contribution in [2.24, 2.45) is 0 Å². The van der Waals surface area contributed by atoms with E-state index in [1.165, 1.54) is 13.8 Å². The summed E-state index contributed by atoms with van der Waals surface area (Å²) in [6, 6.07) is 6.24. The molecule has 3 aliphatic heterocycles. The third-order valence-electron chi connectivity index (χ3n) is 9.89. The number of aliphatic hydroxyl groups excluding tert-OH is 5. The molecule has 0 saturated carbocycles. The lowest BCUT2D eigenvalue weighted by Crippen LogP contribution is -2.64. The lowest BCUT2D eigenvalue weighted by atomic mass is 9.97. The topological polar surface area (TPSA) is 252 Å². The van der Waals surface area contributed by atoms with Crippen LogP contribution in [0.4, 0.5) is 0 Å². The van der Waals surface area contributed by atoms with Crippen LogP contribution in [0.2, 0.25) is 0 Å². The summed E-state index contributed by atoms with van der Waals surface area (Å²) in [6.45, 7) is 7.48. The van der Waals surface area contributed by atoms with Gasteiger partial charge in [0, 0.05) is 45.3 Å². The van der Waals surface area contributed by atoms with Gasteiger partial charge in [-0.1, -0.05) is 26.0 Å². The van der Waals surface area contributed by atoms with E-state index < -0.39 is 92.1 Å². The highest BCUT2D eigenvalue weighted by Gasteiger charge is 2.51. The summed E-state index contributed by atoms with van der Waals surface area (Å²) in [5, 5.41) is 59.8. The van der Waals surface area contributed by atoms with Crippen molar-refractivity contribution in [1.82, 2.24) is 15.5 Å². The quantitative estimate of drug-likeness (QED) is 0.132. The Morgan fingerprint density at radius 3 is 2.29 bits per heavy atom. The monoisotopic (exact) mass is 797 g/mol. The summed E-state index contributed by atoms with van der Waals surface area (Å²) in [5.74, 6) is -0.982. The minimum Gasteiger partial charge on any atom is -0.463 e. The predicted octanol–water partition coefficient (Wildman–Crippen LogP) is -0.441. The van der Waals surface area contributed by atoms with E-state index in [9.17, 15) is 44.7 Å². The first-order chi connectivity index (χ1) is 26.7. The second kappa shape index (κ2) is 21.9. The van der Waals surface area contributed by atoms with Gasteiger partial charge in [-0.3, -0.25) is 19.2 Å². The number of nitrogens with zero attached hydrogens (tertiary/aromatic N) is 1. The van der Waals surface area contributed by atoms with Gasteiger partial charge in [-0.05, 0) is 56.8 Å². The molecule has 3 aliphatic rings. The first-order valence-electron chi connectivity index (χ1n) is 19.5. The molecule has 1 aromatic rings. The number of hydrogen-bond acceptors (Lipinski definition) is 16. The zero-order valence-corrected chi connectivity index (χ0v) is 32.5. The molecule has 7 N–H and O–H groups in total. The fraction of sp³-hybridized carbons (Fsp3) is 0.737. The Balaban J connectivity index is 1.47. The van der Waals surface area contributed by atoms with Crippen LogP contribution in [0.25, 0.3) is 0 Å². The maximum Gasteiger partial charge on any atom is 0.305 e. The Kier molecular flexibility index (Phi) is 17.7. The zero-order valence-electron chi connectivity index (χ0n) is 32.5. The standard InChI is InChI=1S/C38H59N3O15/c1-5-8-29(44)41-17-7-15-40-28(43)18-26(39-16-14-25(19-41)53-22(4)42)23-10-12-24(13-11-23)54-38-36(34(49)31(46)21(3)52-38)56-37-35(50)33(48)32(47)27(55-37)20-51-30(45)9-6-2/h10-13,21,25-27,31-39,46-50H,5-9,14-20H2,1-4H3,(H,40,43)/t21-,25+,26-,27+,31-,32+,33-,34+,35+,36+,37-,38-/m0/s1. The van der Waals surface area contributed by atoms with Gasteiger partial charge in [-0.25, -0.2) is 0 Å². The molecule has 0 bridgehead atoms. The summed E-state index contributed by atoms with van der Waals surface area (Å²) in [5.41, 5.74) is 0.726. The van der Waals surface area contributed by atoms with Crippen LogP contribution in [0.3, 0.4) is 0 Å². The molecule has 1 aromatic carbocycles. The lowest BCUT2D eigenvalue weighted by molar-refractivity contribution is -0.355. The van der Waals surface area contributed by atoms with E-state index >= 15 is 0 Å². The molecule has 0 unspecified atom stereocenters. The number of carbonyl (C=O) groups is 4. The highest BCUT2D eigenvalue weighted by atomic mass is 16.8. The minimum absolute atomic E-state index is 0.0372. The van der Waals surface area contributed by atoms with Gasteiger partial charge in [0.25, 0.3) is 0 Å². The third kappa shape index (κ3) is 12.8. The fourth-order valence-electron chi connectivity index (χ4n) is 6.77. The first kappa shape index (κ1) is 45.2. The number of nitrogens with one attached hydrogen (secondary N) is 2. The van der Waals surface area contributed by atoms with Crippen molar-refractivity contribution in [3.05, 3.63) is 29.8 Å². The van der Waals surface area contributed by atoms with Gasteiger partial charge in [0.15, 0.2) is 12.4 Å². The van der Waals surface area contributed by atoms with Crippen LogP contribution in [0, 0.1) is 0 Å². The molecule has 12 atom stereocenters. The van der Waals surface area contributed by atoms with Crippen molar-refractivity contribution in [2.75, 3.05) is 32.8 Å². The van der Waals surface area contributed by atoms with E-state index in [-0.39, 0.29) is 37.0 Å². The van der Waals surface area contributed by atoms with E-state index in [2.05, 4.69) is 10.6 Å². The normalized spacial score (nSPS) is 33.5. The predicted molar refractivity (Wildman–Crippen MR) is 195 cm³/mol. The molecular weight excluding hydrogens is 738 g/mol. The van der Waals surface area contributed by atoms with Gasteiger partial charge >= 0.3 is 11.9 Å². The van der Waals surface area contributed by atoms with Gasteiger partial charge in [-0.2, -0.15) is 0 Å². The molecule has 18 heteroatoms. The average molecular weight is 798 g/mol. The van der Waals surface area contributed by atoms with E-state index in [4.69, 9.17) is 28.4 Å². The molecule has 316 valence electrons. The number of ether oxygens (including phenoxy) is 6. The number of rotatable bonds is 12. The second-order valence-corrected chi connectivity index (χ2v) is 14.5. The van der Waals surface area contributed by atoms with Gasteiger partial charge in [0.2, 0.25) is 18.1 Å². The summed E-state index contributed by atoms with van der Waals surface area (Å²) in [4.78, 5) is 51.4. The van der Waals surface area contributed by atoms with Crippen molar-refractivity contribution in [2.45, 2.75) is 146 Å². The van der Waals surface area contributed by atoms with E-state index in [1.54, 1.807) is 36.1 Å². The van der Waals surface area contributed by atoms with Gasteiger partial charge in [0.1, 0.15) is 55.1 Å². The summed E-state index contributed by atoms with van der Waals surface area (Å²) in [6.07, 6.45) is -12.8. The molecule has 3 fully saturated rings. The lowest BCUT2D eigenvalue weighted by Gasteiger charge is -2.45. The Bertz CT molecular complexity index is 1420. The summed E-state index contributed by atoms with van der Waals surface area (Å²) in [7, 11) is 0. The third-order valence-corrected chi connectivity index (χ3v) is 9.89.